The Bertz CT molecular complexity index is 777. The molecular weight excluding hydrogens is 553 g/mol. The number of rotatable bonds is 28. The van der Waals surface area contributed by atoms with Crippen LogP contribution in [-0.4, -0.2) is 64.9 Å². The lowest BCUT2D eigenvalue weighted by Crippen LogP contribution is -2.43. The van der Waals surface area contributed by atoms with E-state index < -0.39 is 57.6 Å². The van der Waals surface area contributed by atoms with Crippen LogP contribution in [0.1, 0.15) is 123 Å². The normalized spacial score (nSPS) is 14.4. The molecule has 0 spiro atoms. The van der Waals surface area contributed by atoms with Gasteiger partial charge >= 0.3 is 19.8 Å². The van der Waals surface area contributed by atoms with Crippen LogP contribution >= 0.6 is 7.82 Å². The molecule has 0 heterocycles. The van der Waals surface area contributed by atoms with Crippen LogP contribution in [0.4, 0.5) is 0 Å². The van der Waals surface area contributed by atoms with Gasteiger partial charge < -0.3 is 25.2 Å². The van der Waals surface area contributed by atoms with Crippen molar-refractivity contribution in [1.82, 2.24) is 5.32 Å². The number of unbranched alkanes of at least 4 members (excludes halogenated alkanes) is 12. The maximum absolute atomic E-state index is 12.1. The van der Waals surface area contributed by atoms with E-state index in [1.54, 1.807) is 0 Å². The van der Waals surface area contributed by atoms with Gasteiger partial charge in [-0.1, -0.05) is 90.2 Å². The summed E-state index contributed by atoms with van der Waals surface area (Å²) in [5.41, 5.74) is 0. The number of aliphatic carboxylic acids is 1. The summed E-state index contributed by atoms with van der Waals surface area (Å²) < 4.78 is 26.4. The third-order valence-electron chi connectivity index (χ3n) is 6.30. The summed E-state index contributed by atoms with van der Waals surface area (Å²) in [7, 11) is -4.73. The fraction of sp³-hybridized carbons (Fsp3) is 0.828. The minimum atomic E-state index is -4.73. The Labute approximate surface area is 246 Å². The van der Waals surface area contributed by atoms with Crippen molar-refractivity contribution < 1.29 is 47.8 Å². The number of hydrogen-bond donors (Lipinski definition) is 4. The van der Waals surface area contributed by atoms with E-state index in [1.165, 1.54) is 19.3 Å². The summed E-state index contributed by atoms with van der Waals surface area (Å²) in [4.78, 5) is 45.2. The molecule has 4 N–H and O–H groups in total. The van der Waals surface area contributed by atoms with Gasteiger partial charge in [-0.15, -0.1) is 0 Å². The third-order valence-corrected chi connectivity index (χ3v) is 7.26. The summed E-state index contributed by atoms with van der Waals surface area (Å²) in [6, 6.07) is -1.54. The first-order chi connectivity index (χ1) is 19.6. The number of allylic oxidation sites excluding steroid dienone is 2. The lowest BCUT2D eigenvalue weighted by atomic mass is 10.1. The Kier molecular flexibility index (Phi) is 24.8. The van der Waals surface area contributed by atoms with Crippen molar-refractivity contribution in [2.45, 2.75) is 135 Å². The summed E-state index contributed by atoms with van der Waals surface area (Å²) in [6.45, 7) is 2.41. The minimum Gasteiger partial charge on any atom is -0.480 e. The van der Waals surface area contributed by atoms with Gasteiger partial charge in [0.25, 0.3) is 0 Å². The first-order valence-electron chi connectivity index (χ1n) is 15.2. The lowest BCUT2D eigenvalue weighted by Gasteiger charge is -2.18. The molecule has 0 aromatic rings. The first-order valence-corrected chi connectivity index (χ1v) is 16.7. The number of carbonyl (C=O) groups excluding carboxylic acids is 2. The van der Waals surface area contributed by atoms with Crippen molar-refractivity contribution in [3.05, 3.63) is 12.2 Å². The minimum absolute atomic E-state index is 0.137. The number of carboxylic acid groups (broad SMARTS) is 1. The van der Waals surface area contributed by atoms with Crippen LogP contribution in [0.2, 0.25) is 0 Å². The summed E-state index contributed by atoms with van der Waals surface area (Å²) in [5.74, 6) is -2.40. The summed E-state index contributed by atoms with van der Waals surface area (Å²) in [5, 5.41) is 21.5. The number of hydrogen-bond acceptors (Lipinski definition) is 8. The Morgan fingerprint density at radius 3 is 1.93 bits per heavy atom. The average molecular weight is 608 g/mol. The SMILES string of the molecule is CCCC/C=C\CCCCCCCC(=O)NC(COP(=O)(O)OCC(O)COC(=O)CCCCCCCC)C(=O)O. The molecule has 1 amide bonds. The zero-order valence-electron chi connectivity index (χ0n) is 25.1. The summed E-state index contributed by atoms with van der Waals surface area (Å²) in [6.07, 6.45) is 18.7. The molecule has 0 aromatic heterocycles. The van der Waals surface area contributed by atoms with E-state index >= 15 is 0 Å². The molecule has 0 aliphatic carbocycles. The number of aliphatic hydroxyl groups excluding tert-OH is 1. The van der Waals surface area contributed by atoms with Crippen LogP contribution in [-0.2, 0) is 32.7 Å². The zero-order chi connectivity index (χ0) is 30.8. The largest absolute Gasteiger partial charge is 0.480 e. The number of carbonyl (C=O) groups is 3. The number of aliphatic hydroxyl groups is 1. The molecule has 0 aromatic carbocycles. The second-order valence-electron chi connectivity index (χ2n) is 10.3. The van der Waals surface area contributed by atoms with Gasteiger partial charge in [0, 0.05) is 12.8 Å². The van der Waals surface area contributed by atoms with Crippen molar-refractivity contribution in [2.75, 3.05) is 19.8 Å². The van der Waals surface area contributed by atoms with E-state index in [4.69, 9.17) is 9.26 Å². The van der Waals surface area contributed by atoms with Gasteiger partial charge in [-0.2, -0.15) is 0 Å². The van der Waals surface area contributed by atoms with Gasteiger partial charge in [-0.25, -0.2) is 9.36 Å². The number of phosphoric acid groups is 1. The van der Waals surface area contributed by atoms with E-state index in [9.17, 15) is 34.1 Å². The molecule has 12 heteroatoms. The van der Waals surface area contributed by atoms with Crippen molar-refractivity contribution >= 4 is 25.7 Å². The molecule has 0 fully saturated rings. The molecule has 0 saturated carbocycles. The highest BCUT2D eigenvalue weighted by Crippen LogP contribution is 2.43. The summed E-state index contributed by atoms with van der Waals surface area (Å²) >= 11 is 0. The molecule has 11 nitrogen and oxygen atoms in total. The van der Waals surface area contributed by atoms with Crippen LogP contribution in [0.25, 0.3) is 0 Å². The molecule has 3 atom stereocenters. The number of phosphoric ester groups is 1. The second-order valence-corrected chi connectivity index (χ2v) is 11.7. The molecule has 0 bridgehead atoms. The van der Waals surface area contributed by atoms with Crippen LogP contribution in [0, 0.1) is 0 Å². The maximum atomic E-state index is 12.1. The fourth-order valence-corrected chi connectivity index (χ4v) is 4.59. The quantitative estimate of drug-likeness (QED) is 0.0368. The van der Waals surface area contributed by atoms with Crippen LogP contribution < -0.4 is 5.32 Å². The topological polar surface area (TPSA) is 169 Å². The van der Waals surface area contributed by atoms with Crippen LogP contribution in [0.15, 0.2) is 12.2 Å². The average Bonchev–Trinajstić information content (AvgIpc) is 2.93. The Balaban J connectivity index is 4.11. The van der Waals surface area contributed by atoms with Gasteiger partial charge in [0.2, 0.25) is 5.91 Å². The molecule has 3 unspecified atom stereocenters. The number of amides is 1. The van der Waals surface area contributed by atoms with Gasteiger partial charge in [-0.3, -0.25) is 18.6 Å². The predicted octanol–water partition coefficient (Wildman–Crippen LogP) is 5.82. The van der Waals surface area contributed by atoms with E-state index in [0.717, 1.165) is 64.2 Å². The number of ether oxygens (including phenoxy) is 1. The second kappa shape index (κ2) is 25.9. The highest BCUT2D eigenvalue weighted by atomic mass is 31.2. The van der Waals surface area contributed by atoms with E-state index in [0.29, 0.717) is 12.8 Å². The molecule has 0 aliphatic rings. The van der Waals surface area contributed by atoms with Crippen molar-refractivity contribution in [3.8, 4) is 0 Å². The highest BCUT2D eigenvalue weighted by molar-refractivity contribution is 7.47. The number of carboxylic acids is 1. The number of nitrogens with one attached hydrogen (secondary N) is 1. The van der Waals surface area contributed by atoms with E-state index in [1.807, 2.05) is 0 Å². The van der Waals surface area contributed by atoms with Gasteiger partial charge in [0.05, 0.1) is 13.2 Å². The third kappa shape index (κ3) is 25.6. The Morgan fingerprint density at radius 2 is 1.29 bits per heavy atom. The Hall–Kier alpha value is -1.78. The van der Waals surface area contributed by atoms with Gasteiger partial charge in [-0.05, 0) is 32.1 Å². The highest BCUT2D eigenvalue weighted by Gasteiger charge is 2.28. The molecular formula is C29H54NO10P. The van der Waals surface area contributed by atoms with Crippen LogP contribution in [0.3, 0.4) is 0 Å². The fourth-order valence-electron chi connectivity index (χ4n) is 3.82. The number of esters is 1. The first kappa shape index (κ1) is 39.2. The molecule has 240 valence electrons. The smallest absolute Gasteiger partial charge is 0.472 e. The lowest BCUT2D eigenvalue weighted by molar-refractivity contribution is -0.147. The Morgan fingerprint density at radius 1 is 0.756 bits per heavy atom. The molecule has 41 heavy (non-hydrogen) atoms. The van der Waals surface area contributed by atoms with E-state index in [-0.39, 0.29) is 12.8 Å². The maximum Gasteiger partial charge on any atom is 0.472 e. The van der Waals surface area contributed by atoms with E-state index in [2.05, 4.69) is 35.8 Å². The van der Waals surface area contributed by atoms with Crippen molar-refractivity contribution in [2.24, 2.45) is 0 Å². The predicted molar refractivity (Wildman–Crippen MR) is 157 cm³/mol. The standard InChI is InChI=1S/C29H54NO10P/c1-3-5-7-9-11-12-13-14-15-16-18-20-27(32)30-26(29(34)35)24-40-41(36,37)39-23-25(31)22-38-28(33)21-19-17-10-8-6-4-2/h9,11,25-26,31H,3-8,10,12-24H2,1-2H3,(H,30,32)(H,34,35)(H,36,37)/b11-9-. The molecule has 0 aliphatic heterocycles. The molecule has 0 rings (SSSR count). The monoisotopic (exact) mass is 607 g/mol. The van der Waals surface area contributed by atoms with Crippen molar-refractivity contribution in [1.29, 1.82) is 0 Å². The van der Waals surface area contributed by atoms with Gasteiger partial charge in [0.15, 0.2) is 6.04 Å². The zero-order valence-corrected chi connectivity index (χ0v) is 26.0. The molecule has 0 saturated heterocycles. The van der Waals surface area contributed by atoms with Crippen molar-refractivity contribution in [3.63, 3.8) is 0 Å². The van der Waals surface area contributed by atoms with Crippen LogP contribution in [0.5, 0.6) is 0 Å². The van der Waals surface area contributed by atoms with Gasteiger partial charge in [0.1, 0.15) is 12.7 Å². The molecule has 0 radical (unpaired) electrons.